The van der Waals surface area contributed by atoms with Gasteiger partial charge in [-0.25, -0.2) is 0 Å². The number of carbonyl (C=O) groups excluding carboxylic acids is 1. The predicted molar refractivity (Wildman–Crippen MR) is 128 cm³/mol. The lowest BCUT2D eigenvalue weighted by molar-refractivity contribution is 0.0650. The summed E-state index contributed by atoms with van der Waals surface area (Å²) in [5.74, 6) is 1.02. The summed E-state index contributed by atoms with van der Waals surface area (Å²) in [6.45, 7) is 10.1. The first kappa shape index (κ1) is 21.8. The van der Waals surface area contributed by atoms with Crippen LogP contribution in [-0.2, 0) is 6.54 Å². The molecule has 0 aromatic heterocycles. The summed E-state index contributed by atoms with van der Waals surface area (Å²) in [5.41, 5.74) is 3.35. The van der Waals surface area contributed by atoms with Crippen LogP contribution in [0.3, 0.4) is 0 Å². The Balaban J connectivity index is 1.22. The molecule has 2 fully saturated rings. The van der Waals surface area contributed by atoms with Crippen molar-refractivity contribution in [2.24, 2.45) is 5.92 Å². The van der Waals surface area contributed by atoms with Crippen molar-refractivity contribution in [3.05, 3.63) is 77.4 Å². The molecule has 0 aliphatic carbocycles. The number of rotatable bonds is 6. The van der Waals surface area contributed by atoms with E-state index >= 15 is 0 Å². The maximum Gasteiger partial charge on any atom is 0.253 e. The minimum absolute atomic E-state index is 0.165. The number of hydrogen-bond donors (Lipinski definition) is 0. The molecular formula is C27H35N3O. The highest BCUT2D eigenvalue weighted by Gasteiger charge is 2.22. The Hall–Kier alpha value is -2.43. The van der Waals surface area contributed by atoms with E-state index in [0.29, 0.717) is 0 Å². The SMILES string of the molecule is CC1CCN(Cc2ccc(C(=O)N3CCN(C/C=C/c4ccccc4)CC3)cc2)CC1. The molecule has 164 valence electrons. The molecule has 0 bridgehead atoms. The van der Waals surface area contributed by atoms with Gasteiger partial charge in [-0.2, -0.15) is 0 Å². The molecule has 4 heteroatoms. The van der Waals surface area contributed by atoms with Gasteiger partial charge in [0.15, 0.2) is 0 Å². The van der Waals surface area contributed by atoms with Gasteiger partial charge in [0.05, 0.1) is 0 Å². The molecule has 2 aliphatic heterocycles. The van der Waals surface area contributed by atoms with Crippen molar-refractivity contribution in [3.8, 4) is 0 Å². The van der Waals surface area contributed by atoms with E-state index in [-0.39, 0.29) is 5.91 Å². The molecule has 0 spiro atoms. The summed E-state index contributed by atoms with van der Waals surface area (Å²) in [6.07, 6.45) is 6.98. The van der Waals surface area contributed by atoms with Gasteiger partial charge in [0, 0.05) is 44.8 Å². The van der Waals surface area contributed by atoms with Gasteiger partial charge < -0.3 is 4.90 Å². The molecule has 2 saturated heterocycles. The second kappa shape index (κ2) is 10.7. The first-order valence-electron chi connectivity index (χ1n) is 11.7. The van der Waals surface area contributed by atoms with Crippen LogP contribution in [0.4, 0.5) is 0 Å². The lowest BCUT2D eigenvalue weighted by Gasteiger charge is -2.34. The van der Waals surface area contributed by atoms with Crippen LogP contribution in [0.5, 0.6) is 0 Å². The van der Waals surface area contributed by atoms with Crippen molar-refractivity contribution in [2.45, 2.75) is 26.3 Å². The minimum Gasteiger partial charge on any atom is -0.336 e. The van der Waals surface area contributed by atoms with Crippen LogP contribution >= 0.6 is 0 Å². The molecule has 1 amide bonds. The van der Waals surface area contributed by atoms with Gasteiger partial charge >= 0.3 is 0 Å². The van der Waals surface area contributed by atoms with E-state index in [0.717, 1.165) is 50.7 Å². The lowest BCUT2D eigenvalue weighted by atomic mass is 9.99. The summed E-state index contributed by atoms with van der Waals surface area (Å²) < 4.78 is 0. The molecule has 0 saturated carbocycles. The molecule has 0 radical (unpaired) electrons. The Morgan fingerprint density at radius 2 is 1.55 bits per heavy atom. The minimum atomic E-state index is 0.165. The van der Waals surface area contributed by atoms with E-state index in [1.54, 1.807) is 0 Å². The largest absolute Gasteiger partial charge is 0.336 e. The van der Waals surface area contributed by atoms with E-state index < -0.39 is 0 Å². The fourth-order valence-corrected chi connectivity index (χ4v) is 4.45. The summed E-state index contributed by atoms with van der Waals surface area (Å²) in [6, 6.07) is 18.7. The monoisotopic (exact) mass is 417 g/mol. The highest BCUT2D eigenvalue weighted by atomic mass is 16.2. The molecule has 2 aliphatic rings. The zero-order valence-electron chi connectivity index (χ0n) is 18.7. The lowest BCUT2D eigenvalue weighted by Crippen LogP contribution is -2.48. The van der Waals surface area contributed by atoms with Crippen LogP contribution in [-0.4, -0.2) is 66.4 Å². The Kier molecular flexibility index (Phi) is 7.55. The van der Waals surface area contributed by atoms with Crippen molar-refractivity contribution >= 4 is 12.0 Å². The highest BCUT2D eigenvalue weighted by molar-refractivity contribution is 5.94. The predicted octanol–water partition coefficient (Wildman–Crippen LogP) is 4.39. The van der Waals surface area contributed by atoms with Crippen LogP contribution in [0.2, 0.25) is 0 Å². The number of piperidine rings is 1. The second-order valence-electron chi connectivity index (χ2n) is 9.06. The number of piperazine rings is 1. The van der Waals surface area contributed by atoms with Crippen LogP contribution < -0.4 is 0 Å². The smallest absolute Gasteiger partial charge is 0.253 e. The van der Waals surface area contributed by atoms with E-state index in [1.165, 1.54) is 37.1 Å². The van der Waals surface area contributed by atoms with Gasteiger partial charge in [-0.05, 0) is 55.1 Å². The highest BCUT2D eigenvalue weighted by Crippen LogP contribution is 2.19. The molecule has 0 N–H and O–H groups in total. The van der Waals surface area contributed by atoms with E-state index in [9.17, 15) is 4.79 Å². The van der Waals surface area contributed by atoms with Crippen LogP contribution in [0, 0.1) is 5.92 Å². The van der Waals surface area contributed by atoms with Gasteiger partial charge in [0.25, 0.3) is 5.91 Å². The van der Waals surface area contributed by atoms with Gasteiger partial charge in [-0.1, -0.05) is 61.5 Å². The summed E-state index contributed by atoms with van der Waals surface area (Å²) in [7, 11) is 0. The number of hydrogen-bond acceptors (Lipinski definition) is 3. The zero-order chi connectivity index (χ0) is 21.5. The molecule has 0 atom stereocenters. The van der Waals surface area contributed by atoms with Crippen LogP contribution in [0.25, 0.3) is 6.08 Å². The number of nitrogens with zero attached hydrogens (tertiary/aromatic N) is 3. The Morgan fingerprint density at radius 1 is 0.871 bits per heavy atom. The van der Waals surface area contributed by atoms with E-state index in [4.69, 9.17) is 0 Å². The first-order valence-corrected chi connectivity index (χ1v) is 11.7. The average molecular weight is 418 g/mol. The molecule has 31 heavy (non-hydrogen) atoms. The topological polar surface area (TPSA) is 26.8 Å². The maximum absolute atomic E-state index is 12.9. The van der Waals surface area contributed by atoms with Gasteiger partial charge in [0.2, 0.25) is 0 Å². The second-order valence-corrected chi connectivity index (χ2v) is 9.06. The summed E-state index contributed by atoms with van der Waals surface area (Å²) in [4.78, 5) is 19.9. The Morgan fingerprint density at radius 3 is 2.23 bits per heavy atom. The Labute approximate surface area is 187 Å². The third-order valence-corrected chi connectivity index (χ3v) is 6.62. The third kappa shape index (κ3) is 6.28. The van der Waals surface area contributed by atoms with Gasteiger partial charge in [-0.3, -0.25) is 14.6 Å². The van der Waals surface area contributed by atoms with Crippen molar-refractivity contribution in [1.29, 1.82) is 0 Å². The first-order chi connectivity index (χ1) is 15.2. The number of amides is 1. The standard InChI is InChI=1S/C27H35N3O/c1-23-13-16-29(17-14-23)22-25-9-11-26(12-10-25)27(31)30-20-18-28(19-21-30)15-5-8-24-6-3-2-4-7-24/h2-12,23H,13-22H2,1H3/b8-5+. The van der Waals surface area contributed by atoms with Crippen molar-refractivity contribution in [3.63, 3.8) is 0 Å². The molecule has 2 aromatic carbocycles. The quantitative estimate of drug-likeness (QED) is 0.697. The number of benzene rings is 2. The Bertz CT molecular complexity index is 846. The van der Waals surface area contributed by atoms with E-state index in [2.05, 4.69) is 65.3 Å². The maximum atomic E-state index is 12.9. The zero-order valence-corrected chi connectivity index (χ0v) is 18.7. The fourth-order valence-electron chi connectivity index (χ4n) is 4.45. The summed E-state index contributed by atoms with van der Waals surface area (Å²) >= 11 is 0. The molecular weight excluding hydrogens is 382 g/mol. The average Bonchev–Trinajstić information content (AvgIpc) is 2.82. The van der Waals surface area contributed by atoms with Gasteiger partial charge in [0.1, 0.15) is 0 Å². The van der Waals surface area contributed by atoms with Gasteiger partial charge in [-0.15, -0.1) is 0 Å². The third-order valence-electron chi connectivity index (χ3n) is 6.62. The number of carbonyl (C=O) groups is 1. The normalized spacial score (nSPS) is 19.2. The van der Waals surface area contributed by atoms with Crippen LogP contribution in [0.15, 0.2) is 60.7 Å². The molecule has 2 heterocycles. The molecule has 2 aromatic rings. The summed E-state index contributed by atoms with van der Waals surface area (Å²) in [5, 5.41) is 0. The molecule has 0 unspecified atom stereocenters. The van der Waals surface area contributed by atoms with Crippen molar-refractivity contribution < 1.29 is 4.79 Å². The van der Waals surface area contributed by atoms with Crippen LogP contribution in [0.1, 0.15) is 41.3 Å². The van der Waals surface area contributed by atoms with Crippen molar-refractivity contribution in [1.82, 2.24) is 14.7 Å². The van der Waals surface area contributed by atoms with E-state index in [1.807, 2.05) is 23.1 Å². The number of likely N-dealkylation sites (tertiary alicyclic amines) is 1. The molecule has 4 rings (SSSR count). The van der Waals surface area contributed by atoms with Crippen molar-refractivity contribution in [2.75, 3.05) is 45.8 Å². The molecule has 4 nitrogen and oxygen atoms in total. The fraction of sp³-hybridized carbons (Fsp3) is 0.444.